The fourth-order valence-corrected chi connectivity index (χ4v) is 0.609. The summed E-state index contributed by atoms with van der Waals surface area (Å²) in [5.41, 5.74) is 5.22. The number of nitrogens with two attached hydrogens (primary N) is 1. The Morgan fingerprint density at radius 2 is 2.00 bits per heavy atom. The van der Waals surface area contributed by atoms with Crippen molar-refractivity contribution in [2.75, 3.05) is 0 Å². The molecule has 0 aromatic heterocycles. The maximum absolute atomic E-state index is 10.1. The number of carbonyl (C=O) groups is 1. The van der Waals surface area contributed by atoms with Gasteiger partial charge in [-0.05, 0) is 12.3 Å². The number of rotatable bonds is 3. The minimum atomic E-state index is -0.913. The summed E-state index contributed by atoms with van der Waals surface area (Å²) in [4.78, 5) is 10.1. The van der Waals surface area contributed by atoms with Crippen molar-refractivity contribution in [3.05, 3.63) is 0 Å². The molecule has 0 amide bonds. The van der Waals surface area contributed by atoms with E-state index in [1.807, 2.05) is 13.8 Å². The van der Waals surface area contributed by atoms with Gasteiger partial charge in [0.25, 0.3) is 0 Å². The summed E-state index contributed by atoms with van der Waals surface area (Å²) in [6.45, 7) is 3.89. The molecule has 0 aromatic rings. The molecule has 3 N–H and O–H groups in total. The van der Waals surface area contributed by atoms with E-state index in [0.717, 1.165) is 0 Å². The van der Waals surface area contributed by atoms with Crippen LogP contribution in [0.1, 0.15) is 20.3 Å². The third-order valence-corrected chi connectivity index (χ3v) is 1.04. The van der Waals surface area contributed by atoms with Crippen LogP contribution in [-0.2, 0) is 27.2 Å². The zero-order chi connectivity index (χ0) is 7.44. The largest absolute Gasteiger partial charge is 0.480 e. The average molecular weight is 239 g/mol. The van der Waals surface area contributed by atoms with Gasteiger partial charge in [0.15, 0.2) is 0 Å². The molecule has 0 bridgehead atoms. The second kappa shape index (κ2) is 5.92. The van der Waals surface area contributed by atoms with Crippen LogP contribution in [0, 0.1) is 5.92 Å². The van der Waals surface area contributed by atoms with Crippen molar-refractivity contribution in [1.29, 1.82) is 0 Å². The van der Waals surface area contributed by atoms with Gasteiger partial charge in [0, 0.05) is 22.4 Å². The predicted octanol–water partition coefficient (Wildman–Crippen LogP) is 0.442. The molecule has 0 rings (SSSR count). The molecule has 0 saturated carbocycles. The van der Waals surface area contributed by atoms with Crippen LogP contribution in [-0.4, -0.2) is 17.1 Å². The zero-order valence-electron chi connectivity index (χ0n) is 6.10. The van der Waals surface area contributed by atoms with E-state index in [0.29, 0.717) is 12.3 Å². The molecule has 4 heteroatoms. The van der Waals surface area contributed by atoms with E-state index < -0.39 is 12.0 Å². The van der Waals surface area contributed by atoms with Crippen LogP contribution in [0.3, 0.4) is 0 Å². The molecule has 65 valence electrons. The molecule has 1 atom stereocenters. The van der Waals surface area contributed by atoms with Gasteiger partial charge >= 0.3 is 5.97 Å². The Balaban J connectivity index is 0. The zero-order valence-corrected chi connectivity index (χ0v) is 7.58. The Labute approximate surface area is 76.5 Å². The summed E-state index contributed by atoms with van der Waals surface area (Å²) in [6, 6.07) is -0.690. The SMILES string of the molecule is CC(C)CC(N)C(=O)O.[Ag]. The van der Waals surface area contributed by atoms with E-state index in [-0.39, 0.29) is 22.4 Å². The first kappa shape index (κ1) is 12.8. The van der Waals surface area contributed by atoms with Crippen LogP contribution in [0.15, 0.2) is 0 Å². The maximum atomic E-state index is 10.1. The monoisotopic (exact) mass is 238 g/mol. The second-order valence-corrected chi connectivity index (χ2v) is 2.57. The van der Waals surface area contributed by atoms with Gasteiger partial charge in [0.1, 0.15) is 6.04 Å². The van der Waals surface area contributed by atoms with Crippen molar-refractivity contribution in [1.82, 2.24) is 0 Å². The summed E-state index contributed by atoms with van der Waals surface area (Å²) in [5.74, 6) is -0.556. The van der Waals surface area contributed by atoms with Crippen LogP contribution < -0.4 is 5.73 Å². The van der Waals surface area contributed by atoms with Crippen LogP contribution in [0.2, 0.25) is 0 Å². The van der Waals surface area contributed by atoms with Crippen LogP contribution >= 0.6 is 0 Å². The molecular formula is C6H13AgNO2. The van der Waals surface area contributed by atoms with Crippen molar-refractivity contribution < 1.29 is 32.3 Å². The first-order chi connectivity index (χ1) is 4.04. The summed E-state index contributed by atoms with van der Waals surface area (Å²) in [5, 5.41) is 8.31. The van der Waals surface area contributed by atoms with Crippen molar-refractivity contribution in [2.24, 2.45) is 11.7 Å². The summed E-state index contributed by atoms with van der Waals surface area (Å²) in [6.07, 6.45) is 0.551. The number of hydrogen-bond acceptors (Lipinski definition) is 2. The van der Waals surface area contributed by atoms with E-state index in [2.05, 4.69) is 0 Å². The molecule has 1 radical (unpaired) electrons. The summed E-state index contributed by atoms with van der Waals surface area (Å²) < 4.78 is 0. The topological polar surface area (TPSA) is 63.3 Å². The molecule has 1 unspecified atom stereocenters. The van der Waals surface area contributed by atoms with Gasteiger partial charge in [0.2, 0.25) is 0 Å². The van der Waals surface area contributed by atoms with Gasteiger partial charge < -0.3 is 10.8 Å². The van der Waals surface area contributed by atoms with Gasteiger partial charge in [-0.25, -0.2) is 0 Å². The Kier molecular flexibility index (Phi) is 7.58. The summed E-state index contributed by atoms with van der Waals surface area (Å²) in [7, 11) is 0. The molecule has 0 aromatic carbocycles. The van der Waals surface area contributed by atoms with Crippen LogP contribution in [0.4, 0.5) is 0 Å². The minimum Gasteiger partial charge on any atom is -0.480 e. The average Bonchev–Trinajstić information content (AvgIpc) is 1.63. The Bertz CT molecular complexity index is 106. The van der Waals surface area contributed by atoms with Crippen molar-refractivity contribution in [3.63, 3.8) is 0 Å². The molecule has 0 aliphatic rings. The van der Waals surface area contributed by atoms with E-state index in [9.17, 15) is 4.79 Å². The molecule has 10 heavy (non-hydrogen) atoms. The van der Waals surface area contributed by atoms with E-state index >= 15 is 0 Å². The molecule has 3 nitrogen and oxygen atoms in total. The molecule has 0 heterocycles. The fraction of sp³-hybridized carbons (Fsp3) is 0.833. The molecule has 0 fully saturated rings. The van der Waals surface area contributed by atoms with Crippen LogP contribution in [0.5, 0.6) is 0 Å². The Hall–Kier alpha value is 0.170. The van der Waals surface area contributed by atoms with Gasteiger partial charge in [-0.2, -0.15) is 0 Å². The van der Waals surface area contributed by atoms with E-state index in [1.54, 1.807) is 0 Å². The third-order valence-electron chi connectivity index (χ3n) is 1.04. The third kappa shape index (κ3) is 6.29. The standard InChI is InChI=1S/C6H13NO2.Ag/c1-4(2)3-5(7)6(8)9;/h4-5H,3,7H2,1-2H3,(H,8,9);. The fourth-order valence-electron chi connectivity index (χ4n) is 0.609. The van der Waals surface area contributed by atoms with Gasteiger partial charge in [-0.1, -0.05) is 13.8 Å². The molecule has 0 spiro atoms. The number of carboxylic acids is 1. The van der Waals surface area contributed by atoms with Crippen molar-refractivity contribution in [3.8, 4) is 0 Å². The molecule has 0 saturated heterocycles. The first-order valence-electron chi connectivity index (χ1n) is 3.02. The maximum Gasteiger partial charge on any atom is 0.320 e. The van der Waals surface area contributed by atoms with Crippen molar-refractivity contribution in [2.45, 2.75) is 26.3 Å². The summed E-state index contributed by atoms with van der Waals surface area (Å²) >= 11 is 0. The van der Waals surface area contributed by atoms with Gasteiger partial charge in [0.05, 0.1) is 0 Å². The van der Waals surface area contributed by atoms with Crippen molar-refractivity contribution >= 4 is 5.97 Å². The Morgan fingerprint density at radius 3 is 2.10 bits per heavy atom. The van der Waals surface area contributed by atoms with Gasteiger partial charge in [-0.15, -0.1) is 0 Å². The number of carboxylic acid groups (broad SMARTS) is 1. The minimum absolute atomic E-state index is 0. The second-order valence-electron chi connectivity index (χ2n) is 2.57. The normalized spacial score (nSPS) is 12.4. The number of hydrogen-bond donors (Lipinski definition) is 2. The molecule has 0 aliphatic heterocycles. The van der Waals surface area contributed by atoms with E-state index in [4.69, 9.17) is 10.8 Å². The quantitative estimate of drug-likeness (QED) is 0.702. The predicted molar refractivity (Wildman–Crippen MR) is 35.1 cm³/mol. The Morgan fingerprint density at radius 1 is 1.60 bits per heavy atom. The molecule has 0 aliphatic carbocycles. The van der Waals surface area contributed by atoms with Gasteiger partial charge in [-0.3, -0.25) is 4.79 Å². The van der Waals surface area contributed by atoms with Crippen LogP contribution in [0.25, 0.3) is 0 Å². The van der Waals surface area contributed by atoms with E-state index in [1.165, 1.54) is 0 Å². The molecular weight excluding hydrogens is 226 g/mol. The smallest absolute Gasteiger partial charge is 0.320 e. The first-order valence-corrected chi connectivity index (χ1v) is 3.02. The number of aliphatic carboxylic acids is 1.